The molecule has 3 aliphatic rings. The largest absolute Gasteiger partial charge is 0.462 e. The summed E-state index contributed by atoms with van der Waals surface area (Å²) in [6.07, 6.45) is 22.1. The van der Waals surface area contributed by atoms with Gasteiger partial charge in [0.25, 0.3) is 0 Å². The number of carbonyl (C=O) groups excluding carboxylic acids is 3. The van der Waals surface area contributed by atoms with Crippen LogP contribution in [0, 0.1) is 63.1 Å². The minimum absolute atomic E-state index is 0. The van der Waals surface area contributed by atoms with Gasteiger partial charge in [0.1, 0.15) is 18.3 Å². The van der Waals surface area contributed by atoms with E-state index >= 15 is 0 Å². The van der Waals surface area contributed by atoms with E-state index in [2.05, 4.69) is 230 Å². The SMILES string of the molecule is C.C.C.CC(CCC(C(=O)OC1CC(C)(C)N(C)C(C)(C)C1)C(C)CC(C)(C)C)CC(C)(C)C.CC(CCC(C(=O)OC1CC(C)(C)NC(C)(C)C1)C(C)CC(C)(C)C)CC(C)(C)C.CCCCCCCC(CC)C(=O)OC1CC(C)(C)NC(C)(C)C1. The third-order valence-electron chi connectivity index (χ3n) is 18.6. The van der Waals surface area contributed by atoms with Crippen LogP contribution >= 0.6 is 0 Å². The first-order valence-electron chi connectivity index (χ1n) is 34.7. The molecule has 0 bridgehead atoms. The van der Waals surface area contributed by atoms with E-state index in [4.69, 9.17) is 14.2 Å². The summed E-state index contributed by atoms with van der Waals surface area (Å²) in [5.41, 5.74) is 1.17. The van der Waals surface area contributed by atoms with Gasteiger partial charge in [-0.2, -0.15) is 0 Å². The molecule has 3 heterocycles. The van der Waals surface area contributed by atoms with Crippen LogP contribution in [0.25, 0.3) is 0 Å². The first-order chi connectivity index (χ1) is 37.7. The molecule has 7 atom stereocenters. The lowest BCUT2D eigenvalue weighted by Crippen LogP contribution is -2.60. The summed E-state index contributed by atoms with van der Waals surface area (Å²) in [5.74, 6) is 2.09. The van der Waals surface area contributed by atoms with Crippen molar-refractivity contribution < 1.29 is 28.6 Å². The fraction of sp³-hybridized carbons (Fsp3) is 0.962. The van der Waals surface area contributed by atoms with E-state index < -0.39 is 0 Å². The molecular formula is C78H159N3O6. The zero-order valence-electron chi connectivity index (χ0n) is 62.0. The van der Waals surface area contributed by atoms with Crippen molar-refractivity contribution in [3.8, 4) is 0 Å². The number of likely N-dealkylation sites (tertiary alicyclic amines) is 1. The quantitative estimate of drug-likeness (QED) is 0.0525. The normalized spacial score (nSPS) is 22.0. The summed E-state index contributed by atoms with van der Waals surface area (Å²) in [4.78, 5) is 41.9. The van der Waals surface area contributed by atoms with Crippen LogP contribution in [0.15, 0.2) is 0 Å². The molecule has 0 aromatic heterocycles. The molecule has 3 aliphatic heterocycles. The number of hydrogen-bond acceptors (Lipinski definition) is 9. The second-order valence-corrected chi connectivity index (χ2v) is 37.3. The Labute approximate surface area is 546 Å². The molecule has 3 fully saturated rings. The van der Waals surface area contributed by atoms with Crippen molar-refractivity contribution in [3.63, 3.8) is 0 Å². The molecular weight excluding hydrogens is 1070 g/mol. The Morgan fingerprint density at radius 1 is 0.425 bits per heavy atom. The first kappa shape index (κ1) is 89.5. The number of ether oxygens (including phenoxy) is 3. The predicted molar refractivity (Wildman–Crippen MR) is 382 cm³/mol. The van der Waals surface area contributed by atoms with E-state index in [9.17, 15) is 14.4 Å². The molecule has 0 spiro atoms. The maximum absolute atomic E-state index is 13.5. The zero-order valence-corrected chi connectivity index (χ0v) is 62.0. The van der Waals surface area contributed by atoms with Crippen LogP contribution in [0.3, 0.4) is 0 Å². The Kier molecular flexibility index (Phi) is 37.7. The fourth-order valence-corrected chi connectivity index (χ4v) is 15.9. The van der Waals surface area contributed by atoms with Crippen molar-refractivity contribution in [3.05, 3.63) is 0 Å². The highest BCUT2D eigenvalue weighted by atomic mass is 16.6. The van der Waals surface area contributed by atoms with Crippen LogP contribution in [0.2, 0.25) is 0 Å². The van der Waals surface area contributed by atoms with E-state index in [1.165, 1.54) is 38.5 Å². The highest BCUT2D eigenvalue weighted by Gasteiger charge is 2.46. The van der Waals surface area contributed by atoms with Gasteiger partial charge in [-0.15, -0.1) is 0 Å². The number of esters is 3. The molecule has 7 unspecified atom stereocenters. The highest BCUT2D eigenvalue weighted by molar-refractivity contribution is 5.74. The van der Waals surface area contributed by atoms with Crippen LogP contribution < -0.4 is 10.6 Å². The van der Waals surface area contributed by atoms with Gasteiger partial charge >= 0.3 is 17.9 Å². The number of nitrogens with one attached hydrogen (secondary N) is 2. The van der Waals surface area contributed by atoms with Gasteiger partial charge in [0, 0.05) is 71.8 Å². The molecule has 3 rings (SSSR count). The number of hydrogen-bond donors (Lipinski definition) is 2. The monoisotopic (exact) mass is 1230 g/mol. The van der Waals surface area contributed by atoms with E-state index in [0.29, 0.717) is 34.5 Å². The molecule has 9 heteroatoms. The molecule has 0 aliphatic carbocycles. The molecule has 0 radical (unpaired) electrons. The third kappa shape index (κ3) is 37.6. The average molecular weight is 1240 g/mol. The van der Waals surface area contributed by atoms with Gasteiger partial charge in [0.05, 0.1) is 17.8 Å². The van der Waals surface area contributed by atoms with Gasteiger partial charge in [-0.3, -0.25) is 19.3 Å². The van der Waals surface area contributed by atoms with E-state index in [0.717, 1.165) is 96.3 Å². The molecule has 87 heavy (non-hydrogen) atoms. The Morgan fingerprint density at radius 3 is 1.00 bits per heavy atom. The third-order valence-corrected chi connectivity index (χ3v) is 18.6. The number of rotatable bonds is 25. The van der Waals surface area contributed by atoms with Gasteiger partial charge in [-0.25, -0.2) is 0 Å². The summed E-state index contributed by atoms with van der Waals surface area (Å²) in [6.45, 7) is 67.7. The van der Waals surface area contributed by atoms with Crippen LogP contribution in [0.4, 0.5) is 0 Å². The van der Waals surface area contributed by atoms with Crippen molar-refractivity contribution in [1.29, 1.82) is 0 Å². The van der Waals surface area contributed by atoms with Crippen LogP contribution in [-0.2, 0) is 28.6 Å². The second kappa shape index (κ2) is 36.7. The summed E-state index contributed by atoms with van der Waals surface area (Å²) < 4.78 is 18.4. The molecule has 0 aromatic rings. The van der Waals surface area contributed by atoms with Gasteiger partial charge < -0.3 is 24.8 Å². The minimum atomic E-state index is -0.0135. The van der Waals surface area contributed by atoms with Gasteiger partial charge in [0.2, 0.25) is 0 Å². The molecule has 2 N–H and O–H groups in total. The van der Waals surface area contributed by atoms with Crippen molar-refractivity contribution in [2.24, 2.45) is 63.1 Å². The van der Waals surface area contributed by atoms with E-state index in [1.807, 2.05) is 0 Å². The number of carbonyl (C=O) groups is 3. The lowest BCUT2D eigenvalue weighted by atomic mass is 9.76. The lowest BCUT2D eigenvalue weighted by molar-refractivity contribution is -0.166. The number of unbranched alkanes of at least 4 members (excludes halogenated alkanes) is 4. The Balaban J connectivity index is -0.00000121. The predicted octanol–water partition coefficient (Wildman–Crippen LogP) is 22.2. The van der Waals surface area contributed by atoms with Gasteiger partial charge in [-0.05, 0) is 200 Å². The Bertz CT molecular complexity index is 1870. The molecule has 3 saturated heterocycles. The average Bonchev–Trinajstić information content (AvgIpc) is 1.27. The number of nitrogens with zero attached hydrogens (tertiary/aromatic N) is 1. The standard InChI is InChI=1S/C28H55NO2.C27H53NO2.C20H39NO2.3CH4/c1-20(16-25(3,4)5)14-15-23(21(2)17-26(6,7)8)24(30)31-22-18-27(9,10)29(13)28(11,12)19-22;1-19(15-24(3,4)5)13-14-22(20(2)16-25(6,7)8)23(29)30-21-17-26(9,10)28-27(11,12)18-21;1-7-9-10-11-12-13-16(8-2)18(22)23-17-14-19(3,4)21-20(5,6)15-17;;;/h20-23H,14-19H2,1-13H3;19-22,28H,13-18H2,1-12H3;16-17,21H,7-15H2,1-6H3;3*1H4. The molecule has 9 nitrogen and oxygen atoms in total. The Hall–Kier alpha value is -1.71. The highest BCUT2D eigenvalue weighted by Crippen LogP contribution is 2.42. The topological polar surface area (TPSA) is 106 Å². The summed E-state index contributed by atoms with van der Waals surface area (Å²) in [6, 6.07) is 0. The Morgan fingerprint density at radius 2 is 0.713 bits per heavy atom. The van der Waals surface area contributed by atoms with Crippen molar-refractivity contribution in [2.75, 3.05) is 7.05 Å². The minimum Gasteiger partial charge on any atom is -0.462 e. The van der Waals surface area contributed by atoms with Gasteiger partial charge in [-0.1, -0.05) is 179 Å². The molecule has 0 amide bonds. The fourth-order valence-electron chi connectivity index (χ4n) is 15.9. The van der Waals surface area contributed by atoms with E-state index in [-0.39, 0.29) is 120 Å². The van der Waals surface area contributed by atoms with Crippen molar-refractivity contribution >= 4 is 17.9 Å². The van der Waals surface area contributed by atoms with Crippen LogP contribution in [0.5, 0.6) is 0 Å². The molecule has 0 aromatic carbocycles. The maximum Gasteiger partial charge on any atom is 0.309 e. The van der Waals surface area contributed by atoms with Crippen LogP contribution in [0.1, 0.15) is 365 Å². The summed E-state index contributed by atoms with van der Waals surface area (Å²) >= 11 is 0. The van der Waals surface area contributed by atoms with E-state index in [1.54, 1.807) is 0 Å². The number of piperidine rings is 3. The zero-order chi connectivity index (χ0) is 65.5. The second-order valence-electron chi connectivity index (χ2n) is 37.3. The first-order valence-corrected chi connectivity index (χ1v) is 34.7. The summed E-state index contributed by atoms with van der Waals surface area (Å²) in [7, 11) is 2.20. The van der Waals surface area contributed by atoms with Gasteiger partial charge in [0.15, 0.2) is 0 Å². The van der Waals surface area contributed by atoms with Crippen LogP contribution in [-0.4, -0.2) is 81.4 Å². The maximum atomic E-state index is 13.5. The van der Waals surface area contributed by atoms with Crippen molar-refractivity contribution in [1.82, 2.24) is 15.5 Å². The lowest BCUT2D eigenvalue weighted by Gasteiger charge is -2.53. The smallest absolute Gasteiger partial charge is 0.309 e. The summed E-state index contributed by atoms with van der Waals surface area (Å²) in [5, 5.41) is 7.33. The molecule has 522 valence electrons. The molecule has 0 saturated carbocycles. The van der Waals surface area contributed by atoms with Crippen molar-refractivity contribution in [2.45, 2.75) is 416 Å².